The lowest BCUT2D eigenvalue weighted by atomic mass is 9.80. The molecule has 1 aliphatic heterocycles. The van der Waals surface area contributed by atoms with Crippen LogP contribution in [0.15, 0.2) is 149 Å². The highest BCUT2D eigenvalue weighted by Crippen LogP contribution is 2.51. The first-order valence-corrected chi connectivity index (χ1v) is 27.2. The molecule has 0 aliphatic carbocycles. The summed E-state index contributed by atoms with van der Waals surface area (Å²) in [5.74, 6) is 6.98. The largest absolute Gasteiger partial charge is 0.497 e. The number of aromatic amines is 1. The van der Waals surface area contributed by atoms with Crippen molar-refractivity contribution in [1.29, 1.82) is 5.26 Å². The minimum absolute atomic E-state index is 0.00452. The molecule has 77 heavy (non-hydrogen) atoms. The number of benzene rings is 7. The second-order valence-electron chi connectivity index (χ2n) is 19.6. The van der Waals surface area contributed by atoms with E-state index in [9.17, 15) is 19.6 Å². The number of H-pyrrole nitrogens is 1. The normalized spacial score (nSPS) is 16.0. The Labute approximate surface area is 450 Å². The van der Waals surface area contributed by atoms with Gasteiger partial charge in [0.1, 0.15) is 35.0 Å². The molecular weight excluding hydrogens is 990 g/mol. The number of rotatable bonds is 22. The average Bonchev–Trinajstić information content (AvgIpc) is 3.86. The van der Waals surface area contributed by atoms with Gasteiger partial charge in [0.2, 0.25) is 5.91 Å². The van der Waals surface area contributed by atoms with Crippen molar-refractivity contribution >= 4 is 46.8 Å². The van der Waals surface area contributed by atoms with Crippen molar-refractivity contribution in [2.75, 3.05) is 34.0 Å². The molecule has 1 fully saturated rings. The van der Waals surface area contributed by atoms with E-state index < -0.39 is 43.8 Å². The molecule has 9 rings (SSSR count). The van der Waals surface area contributed by atoms with Gasteiger partial charge in [-0.05, 0) is 119 Å². The highest BCUT2D eigenvalue weighted by Gasteiger charge is 2.45. The summed E-state index contributed by atoms with van der Waals surface area (Å²) >= 11 is 0. The number of carbonyl (C=O) groups excluding carboxylic acids is 1. The van der Waals surface area contributed by atoms with Crippen LogP contribution in [-0.2, 0) is 35.3 Å². The zero-order valence-electron chi connectivity index (χ0n) is 44.3. The Morgan fingerprint density at radius 1 is 0.818 bits per heavy atom. The van der Waals surface area contributed by atoms with Crippen LogP contribution in [0.1, 0.15) is 87.4 Å². The van der Waals surface area contributed by atoms with Crippen molar-refractivity contribution in [3.8, 4) is 29.4 Å². The molecule has 2 heterocycles. The Balaban J connectivity index is 0.961. The molecule has 14 nitrogen and oxygen atoms in total. The fourth-order valence-electron chi connectivity index (χ4n) is 10.4. The lowest BCUT2D eigenvalue weighted by molar-refractivity contribution is -0.120. The van der Waals surface area contributed by atoms with Gasteiger partial charge in [-0.1, -0.05) is 121 Å². The maximum Gasteiger partial charge on any atom is 0.330 e. The molecule has 0 saturated carbocycles. The number of ether oxygens (including phenoxy) is 4. The standard InChI is InChI=1S/C62H64N5O9P/c1-41(2)67(42(3)4)77(74-37-13-35-63)76-54-38-57(75-55(54)40-73-62(48-18-8-7-9-19-48,49-26-30-51(71-5)31-27-49)50-28-32-52(72-6)33-29-50)66-39-47(60(69)65-61(66)70)17-12-36-64-56(68)20-11-14-43-21-22-46-24-23-44-15-10-16-45-25-34-53(43)59(46)58(44)45/h7-10,15-16,18-19,21-34,39,41-42,54-55,57H,11,13-14,20,36-38,40H2,1-6H3,(H,64,68)(H,65,69,70)/t54-,55+,57+,77?/m0/s1. The van der Waals surface area contributed by atoms with E-state index in [0.29, 0.717) is 24.3 Å². The third kappa shape index (κ3) is 11.9. The molecule has 2 N–H and O–H groups in total. The number of nitriles is 1. The lowest BCUT2D eigenvalue weighted by Gasteiger charge is -2.39. The van der Waals surface area contributed by atoms with Gasteiger partial charge in [-0.3, -0.25) is 19.1 Å². The first-order chi connectivity index (χ1) is 37.4. The first-order valence-electron chi connectivity index (χ1n) is 26.1. The predicted molar refractivity (Wildman–Crippen MR) is 301 cm³/mol. The Hall–Kier alpha value is -7.39. The van der Waals surface area contributed by atoms with Gasteiger partial charge in [-0.25, -0.2) is 9.46 Å². The molecule has 396 valence electrons. The van der Waals surface area contributed by atoms with E-state index in [2.05, 4.69) is 115 Å². The maximum absolute atomic E-state index is 13.8. The van der Waals surface area contributed by atoms with Gasteiger partial charge in [0.05, 0.1) is 52.6 Å². The third-order valence-corrected chi connectivity index (χ3v) is 16.2. The van der Waals surface area contributed by atoms with Gasteiger partial charge >= 0.3 is 5.69 Å². The summed E-state index contributed by atoms with van der Waals surface area (Å²) in [6.07, 6.45) is 0.920. The van der Waals surface area contributed by atoms with Crippen LogP contribution in [0.5, 0.6) is 11.5 Å². The van der Waals surface area contributed by atoms with E-state index in [1.165, 1.54) is 48.6 Å². The summed E-state index contributed by atoms with van der Waals surface area (Å²) in [6.45, 7) is 8.33. The van der Waals surface area contributed by atoms with Gasteiger partial charge in [0, 0.05) is 31.1 Å². The number of hydrogen-bond acceptors (Lipinski definition) is 11. The van der Waals surface area contributed by atoms with Gasteiger partial charge < -0.3 is 33.3 Å². The van der Waals surface area contributed by atoms with Crippen molar-refractivity contribution in [3.63, 3.8) is 0 Å². The second-order valence-corrected chi connectivity index (χ2v) is 21.0. The van der Waals surface area contributed by atoms with E-state index in [-0.39, 0.29) is 56.2 Å². The van der Waals surface area contributed by atoms with Gasteiger partial charge in [-0.2, -0.15) is 5.26 Å². The lowest BCUT2D eigenvalue weighted by Crippen LogP contribution is -2.39. The van der Waals surface area contributed by atoms with Crippen molar-refractivity contribution in [2.24, 2.45) is 0 Å². The minimum atomic E-state index is -1.77. The molecule has 1 saturated heterocycles. The molecular formula is C62H64N5O9P. The summed E-state index contributed by atoms with van der Waals surface area (Å²) in [5, 5.41) is 19.7. The molecule has 8 aromatic rings. The van der Waals surface area contributed by atoms with Crippen LogP contribution in [0.4, 0.5) is 0 Å². The van der Waals surface area contributed by atoms with Crippen LogP contribution in [-0.4, -0.2) is 78.4 Å². The van der Waals surface area contributed by atoms with Crippen LogP contribution in [0.3, 0.4) is 0 Å². The highest BCUT2D eigenvalue weighted by atomic mass is 31.2. The van der Waals surface area contributed by atoms with Gasteiger partial charge in [-0.15, -0.1) is 0 Å². The van der Waals surface area contributed by atoms with Gasteiger partial charge in [0.25, 0.3) is 14.1 Å². The Morgan fingerprint density at radius 2 is 1.44 bits per heavy atom. The topological polar surface area (TPSA) is 166 Å². The zero-order chi connectivity index (χ0) is 54.1. The van der Waals surface area contributed by atoms with Crippen molar-refractivity contribution in [3.05, 3.63) is 188 Å². The number of nitrogens with one attached hydrogen (secondary N) is 2. The number of hydrogen-bond donors (Lipinski definition) is 2. The zero-order valence-corrected chi connectivity index (χ0v) is 45.2. The van der Waals surface area contributed by atoms with E-state index in [0.717, 1.165) is 23.1 Å². The SMILES string of the molecule is COc1ccc(C(OC[C@H]2O[C@@H](n3cc(C#CCNC(=O)CCCc4ccc5ccc6cccc7ccc4c5c67)c(=O)[nH]c3=O)C[C@@H]2OP(OCCC#N)N(C(C)C)C(C)C)(c2ccccc2)c2ccc(OC)cc2)cc1. The molecule has 1 amide bonds. The number of nitrogens with zero attached hydrogens (tertiary/aromatic N) is 3. The fraction of sp³-hybridized carbons (Fsp3) is 0.323. The number of aromatic nitrogens is 2. The summed E-state index contributed by atoms with van der Waals surface area (Å²) in [4.78, 5) is 42.6. The Morgan fingerprint density at radius 3 is 2.08 bits per heavy atom. The van der Waals surface area contributed by atoms with E-state index in [1.54, 1.807) is 14.2 Å². The van der Waals surface area contributed by atoms with Crippen molar-refractivity contribution < 1.29 is 32.8 Å². The molecule has 1 aromatic heterocycles. The minimum Gasteiger partial charge on any atom is -0.497 e. The summed E-state index contributed by atoms with van der Waals surface area (Å²) in [6, 6.07) is 46.9. The second kappa shape index (κ2) is 24.7. The molecule has 4 atom stereocenters. The smallest absolute Gasteiger partial charge is 0.330 e. The predicted octanol–water partition coefficient (Wildman–Crippen LogP) is 10.9. The summed E-state index contributed by atoms with van der Waals surface area (Å²) in [7, 11) is 1.47. The van der Waals surface area contributed by atoms with Gasteiger partial charge in [0.15, 0.2) is 0 Å². The molecule has 1 aliphatic rings. The first kappa shape index (κ1) is 54.4. The van der Waals surface area contributed by atoms with Crippen LogP contribution < -0.4 is 26.0 Å². The third-order valence-electron chi connectivity index (χ3n) is 14.0. The molecule has 7 aromatic carbocycles. The molecule has 15 heteroatoms. The summed E-state index contributed by atoms with van der Waals surface area (Å²) < 4.78 is 42.2. The highest BCUT2D eigenvalue weighted by molar-refractivity contribution is 7.44. The monoisotopic (exact) mass is 1050 g/mol. The number of amides is 1. The molecule has 1 unspecified atom stereocenters. The van der Waals surface area contributed by atoms with Crippen molar-refractivity contribution in [1.82, 2.24) is 19.5 Å². The van der Waals surface area contributed by atoms with E-state index in [1.807, 2.05) is 78.9 Å². The van der Waals surface area contributed by atoms with E-state index in [4.69, 9.17) is 28.0 Å². The fourth-order valence-corrected chi connectivity index (χ4v) is 12.2. The Kier molecular flexibility index (Phi) is 17.5. The number of carbonyl (C=O) groups is 1. The molecule has 0 spiro atoms. The van der Waals surface area contributed by atoms with E-state index >= 15 is 0 Å². The van der Waals surface area contributed by atoms with Crippen LogP contribution in [0, 0.1) is 23.2 Å². The Bertz CT molecular complexity index is 3460. The molecule has 0 bridgehead atoms. The number of aryl methyl sites for hydroxylation is 1. The van der Waals surface area contributed by atoms with Crippen LogP contribution in [0.2, 0.25) is 0 Å². The quantitative estimate of drug-likeness (QED) is 0.0218. The van der Waals surface area contributed by atoms with Crippen LogP contribution >= 0.6 is 8.53 Å². The molecule has 0 radical (unpaired) electrons. The average molecular weight is 1050 g/mol. The van der Waals surface area contributed by atoms with Crippen molar-refractivity contribution in [2.45, 2.75) is 95.9 Å². The number of methoxy groups -OCH3 is 2. The maximum atomic E-state index is 13.8. The van der Waals surface area contributed by atoms with Crippen LogP contribution in [0.25, 0.3) is 32.3 Å². The summed E-state index contributed by atoms with van der Waals surface area (Å²) in [5.41, 5.74) is 1.10.